The number of hydrogen-bond donors (Lipinski definition) is 3. The number of hydrogen-bond acceptors (Lipinski definition) is 6. The van der Waals surface area contributed by atoms with E-state index < -0.39 is 11.2 Å². The summed E-state index contributed by atoms with van der Waals surface area (Å²) in [5, 5.41) is 14.3. The van der Waals surface area contributed by atoms with E-state index in [4.69, 9.17) is 9.47 Å². The quantitative estimate of drug-likeness (QED) is 0.207. The fraction of sp³-hybridized carbons (Fsp3) is 0.100. The Morgan fingerprint density at radius 3 is 2.10 bits per heavy atom. The first-order chi connectivity index (χ1) is 18.9. The molecule has 0 aliphatic carbocycles. The monoisotopic (exact) mass is 542 g/mol. The molecule has 0 fully saturated rings. The molecule has 39 heavy (non-hydrogen) atoms. The number of aromatic carboxylic acids is 1. The maximum Gasteiger partial charge on any atom is 0.335 e. The Balaban J connectivity index is 1.48. The first kappa shape index (κ1) is 27.3. The SMILES string of the molecule is COc1ccc(C(=O)Nc2ccc(SC(C(=O)Nc3cccc(C(=O)O)c3)c3ccccc3)cc2)cc1OC. The number of carboxylic acids is 1. The van der Waals surface area contributed by atoms with Gasteiger partial charge in [-0.2, -0.15) is 0 Å². The summed E-state index contributed by atoms with van der Waals surface area (Å²) in [5.41, 5.74) is 2.28. The van der Waals surface area contributed by atoms with Crippen LogP contribution in [0.4, 0.5) is 11.4 Å². The second-order valence-electron chi connectivity index (χ2n) is 8.33. The average molecular weight is 543 g/mol. The molecule has 8 nitrogen and oxygen atoms in total. The minimum atomic E-state index is -1.07. The summed E-state index contributed by atoms with van der Waals surface area (Å²) in [6.45, 7) is 0. The molecular formula is C30H26N2O6S. The average Bonchev–Trinajstić information content (AvgIpc) is 2.96. The van der Waals surface area contributed by atoms with Crippen molar-refractivity contribution in [1.29, 1.82) is 0 Å². The predicted molar refractivity (Wildman–Crippen MR) is 151 cm³/mol. The molecular weight excluding hydrogens is 516 g/mol. The van der Waals surface area contributed by atoms with Crippen molar-refractivity contribution in [2.75, 3.05) is 24.9 Å². The molecule has 0 saturated heterocycles. The van der Waals surface area contributed by atoms with Crippen LogP contribution in [0.1, 0.15) is 31.5 Å². The van der Waals surface area contributed by atoms with Gasteiger partial charge in [-0.1, -0.05) is 36.4 Å². The highest BCUT2D eigenvalue weighted by Crippen LogP contribution is 2.37. The molecule has 0 bridgehead atoms. The van der Waals surface area contributed by atoms with Gasteiger partial charge in [0, 0.05) is 21.8 Å². The van der Waals surface area contributed by atoms with Crippen LogP contribution in [0.15, 0.2) is 102 Å². The molecule has 0 spiro atoms. The molecule has 0 aliphatic heterocycles. The Hall–Kier alpha value is -4.76. The first-order valence-electron chi connectivity index (χ1n) is 11.9. The van der Waals surface area contributed by atoms with E-state index >= 15 is 0 Å². The van der Waals surface area contributed by atoms with Crippen LogP contribution in [0.2, 0.25) is 0 Å². The first-order valence-corrected chi connectivity index (χ1v) is 12.7. The van der Waals surface area contributed by atoms with E-state index in [1.165, 1.54) is 38.1 Å². The van der Waals surface area contributed by atoms with Crippen LogP contribution < -0.4 is 20.1 Å². The lowest BCUT2D eigenvalue weighted by Gasteiger charge is -2.17. The van der Waals surface area contributed by atoms with E-state index in [2.05, 4.69) is 10.6 Å². The third-order valence-corrected chi connectivity index (χ3v) is 7.00. The summed E-state index contributed by atoms with van der Waals surface area (Å²) in [5.74, 6) is -0.682. The van der Waals surface area contributed by atoms with Crippen molar-refractivity contribution in [2.24, 2.45) is 0 Å². The standard InChI is InChI=1S/C30H26N2O6S/c1-37-25-16-11-20(18-26(25)38-2)28(33)31-22-12-14-24(15-13-22)39-27(19-7-4-3-5-8-19)29(34)32-23-10-6-9-21(17-23)30(35)36/h3-18,27H,1-2H3,(H,31,33)(H,32,34)(H,35,36). The van der Waals surface area contributed by atoms with Crippen molar-refractivity contribution in [3.63, 3.8) is 0 Å². The second kappa shape index (κ2) is 12.7. The molecule has 0 saturated carbocycles. The van der Waals surface area contributed by atoms with Crippen LogP contribution in [-0.2, 0) is 4.79 Å². The summed E-state index contributed by atoms with van der Waals surface area (Å²) in [6, 6.07) is 27.5. The summed E-state index contributed by atoms with van der Waals surface area (Å²) >= 11 is 1.34. The van der Waals surface area contributed by atoms with Crippen LogP contribution in [0.3, 0.4) is 0 Å². The molecule has 0 aromatic heterocycles. The molecule has 1 unspecified atom stereocenters. The van der Waals surface area contributed by atoms with Gasteiger partial charge in [0.05, 0.1) is 19.8 Å². The second-order valence-corrected chi connectivity index (χ2v) is 9.51. The van der Waals surface area contributed by atoms with E-state index in [9.17, 15) is 19.5 Å². The van der Waals surface area contributed by atoms with E-state index in [1.54, 1.807) is 42.5 Å². The van der Waals surface area contributed by atoms with Crippen LogP contribution in [-0.4, -0.2) is 37.1 Å². The number of nitrogens with one attached hydrogen (secondary N) is 2. The smallest absolute Gasteiger partial charge is 0.335 e. The lowest BCUT2D eigenvalue weighted by molar-refractivity contribution is -0.115. The van der Waals surface area contributed by atoms with Gasteiger partial charge in [0.25, 0.3) is 5.91 Å². The summed E-state index contributed by atoms with van der Waals surface area (Å²) in [4.78, 5) is 38.2. The van der Waals surface area contributed by atoms with Gasteiger partial charge in [-0.05, 0) is 66.2 Å². The molecule has 198 valence electrons. The number of carboxylic acid groups (broad SMARTS) is 1. The van der Waals surface area contributed by atoms with Gasteiger partial charge in [-0.15, -0.1) is 11.8 Å². The zero-order chi connectivity index (χ0) is 27.8. The van der Waals surface area contributed by atoms with Gasteiger partial charge in [-0.3, -0.25) is 9.59 Å². The van der Waals surface area contributed by atoms with E-state index in [0.717, 1.165) is 10.5 Å². The van der Waals surface area contributed by atoms with Gasteiger partial charge in [-0.25, -0.2) is 4.79 Å². The van der Waals surface area contributed by atoms with Crippen molar-refractivity contribution < 1.29 is 29.0 Å². The predicted octanol–water partition coefficient (Wildman–Crippen LogP) is 6.13. The number of benzene rings is 4. The summed E-state index contributed by atoms with van der Waals surface area (Å²) < 4.78 is 10.5. The Labute approximate surface area is 230 Å². The fourth-order valence-electron chi connectivity index (χ4n) is 3.77. The van der Waals surface area contributed by atoms with Crippen molar-refractivity contribution in [1.82, 2.24) is 0 Å². The van der Waals surface area contributed by atoms with Crippen LogP contribution in [0.5, 0.6) is 11.5 Å². The molecule has 2 amide bonds. The number of amides is 2. The molecule has 4 aromatic rings. The summed E-state index contributed by atoms with van der Waals surface area (Å²) in [6.07, 6.45) is 0. The largest absolute Gasteiger partial charge is 0.493 e. The van der Waals surface area contributed by atoms with E-state index in [0.29, 0.717) is 28.4 Å². The maximum absolute atomic E-state index is 13.3. The molecule has 4 aromatic carbocycles. The highest BCUT2D eigenvalue weighted by molar-refractivity contribution is 8.00. The van der Waals surface area contributed by atoms with Gasteiger partial charge < -0.3 is 25.2 Å². The topological polar surface area (TPSA) is 114 Å². The Bertz CT molecular complexity index is 1470. The third kappa shape index (κ3) is 6.97. The van der Waals surface area contributed by atoms with Gasteiger partial charge in [0.2, 0.25) is 5.91 Å². The van der Waals surface area contributed by atoms with Crippen molar-refractivity contribution in [3.05, 3.63) is 114 Å². The van der Waals surface area contributed by atoms with Crippen LogP contribution in [0.25, 0.3) is 0 Å². The maximum atomic E-state index is 13.3. The number of rotatable bonds is 10. The molecule has 9 heteroatoms. The molecule has 0 radical (unpaired) electrons. The number of anilines is 2. The number of carbonyl (C=O) groups is 3. The van der Waals surface area contributed by atoms with Crippen molar-refractivity contribution >= 4 is 40.9 Å². The molecule has 1 atom stereocenters. The zero-order valence-corrected chi connectivity index (χ0v) is 22.0. The number of ether oxygens (including phenoxy) is 2. The molecule has 3 N–H and O–H groups in total. The van der Waals surface area contributed by atoms with E-state index in [-0.39, 0.29) is 17.4 Å². The van der Waals surface area contributed by atoms with Gasteiger partial charge >= 0.3 is 5.97 Å². The lowest BCUT2D eigenvalue weighted by Crippen LogP contribution is -2.19. The number of carbonyl (C=O) groups excluding carboxylic acids is 2. The van der Waals surface area contributed by atoms with Crippen LogP contribution >= 0.6 is 11.8 Å². The third-order valence-electron chi connectivity index (χ3n) is 5.73. The van der Waals surface area contributed by atoms with E-state index in [1.807, 2.05) is 42.5 Å². The number of thioether (sulfide) groups is 1. The normalized spacial score (nSPS) is 11.2. The zero-order valence-electron chi connectivity index (χ0n) is 21.2. The highest BCUT2D eigenvalue weighted by atomic mass is 32.2. The van der Waals surface area contributed by atoms with Crippen molar-refractivity contribution in [3.8, 4) is 11.5 Å². The number of methoxy groups -OCH3 is 2. The Kier molecular flexibility index (Phi) is 8.86. The van der Waals surface area contributed by atoms with Gasteiger partial charge in [0.15, 0.2) is 11.5 Å². The Morgan fingerprint density at radius 2 is 1.44 bits per heavy atom. The fourth-order valence-corrected chi connectivity index (χ4v) is 4.80. The lowest BCUT2D eigenvalue weighted by atomic mass is 10.1. The van der Waals surface area contributed by atoms with Crippen LogP contribution in [0, 0.1) is 0 Å². The van der Waals surface area contributed by atoms with Gasteiger partial charge in [0.1, 0.15) is 5.25 Å². The summed E-state index contributed by atoms with van der Waals surface area (Å²) in [7, 11) is 3.03. The highest BCUT2D eigenvalue weighted by Gasteiger charge is 2.23. The minimum Gasteiger partial charge on any atom is -0.493 e. The molecule has 4 rings (SSSR count). The Morgan fingerprint density at radius 1 is 0.718 bits per heavy atom. The minimum absolute atomic E-state index is 0.0856. The molecule has 0 heterocycles. The molecule has 0 aliphatic rings. The van der Waals surface area contributed by atoms with Crippen molar-refractivity contribution in [2.45, 2.75) is 10.1 Å².